The standard InChI is InChI=1S/C13H17N3O2S/c1-8-5-11(17-3)9(2)10(15-8)7-19-13-14-6-12(16-13)18-4/h5-6H,7H2,1-4H3,(H,14,16). The van der Waals surface area contributed by atoms with Gasteiger partial charge in [-0.3, -0.25) is 4.98 Å². The molecule has 0 aliphatic rings. The van der Waals surface area contributed by atoms with E-state index >= 15 is 0 Å². The SMILES string of the molecule is COc1c[nH]c(SCc2nc(C)cc(OC)c2C)n1. The summed E-state index contributed by atoms with van der Waals surface area (Å²) >= 11 is 1.59. The molecule has 19 heavy (non-hydrogen) atoms. The van der Waals surface area contributed by atoms with Crippen molar-refractivity contribution < 1.29 is 9.47 Å². The van der Waals surface area contributed by atoms with Crippen molar-refractivity contribution in [2.45, 2.75) is 24.8 Å². The zero-order valence-electron chi connectivity index (χ0n) is 11.5. The van der Waals surface area contributed by atoms with Gasteiger partial charge in [0.25, 0.3) is 0 Å². The molecular weight excluding hydrogens is 262 g/mol. The minimum absolute atomic E-state index is 0.592. The lowest BCUT2D eigenvalue weighted by Gasteiger charge is -2.10. The number of aryl methyl sites for hydroxylation is 1. The van der Waals surface area contributed by atoms with Gasteiger partial charge in [0.05, 0.1) is 26.1 Å². The summed E-state index contributed by atoms with van der Waals surface area (Å²) in [5.41, 5.74) is 3.03. The van der Waals surface area contributed by atoms with E-state index in [1.807, 2.05) is 19.9 Å². The van der Waals surface area contributed by atoms with Gasteiger partial charge in [0, 0.05) is 23.1 Å². The number of pyridine rings is 1. The molecule has 102 valence electrons. The van der Waals surface area contributed by atoms with Gasteiger partial charge in [-0.05, 0) is 13.8 Å². The maximum atomic E-state index is 5.35. The minimum Gasteiger partial charge on any atom is -0.496 e. The van der Waals surface area contributed by atoms with Crippen LogP contribution in [-0.2, 0) is 5.75 Å². The molecule has 2 heterocycles. The first-order chi connectivity index (χ1) is 9.13. The number of thioether (sulfide) groups is 1. The van der Waals surface area contributed by atoms with E-state index < -0.39 is 0 Å². The number of imidazole rings is 1. The number of H-pyrrole nitrogens is 1. The first kappa shape index (κ1) is 13.7. The Balaban J connectivity index is 2.12. The van der Waals surface area contributed by atoms with E-state index in [-0.39, 0.29) is 0 Å². The average molecular weight is 279 g/mol. The van der Waals surface area contributed by atoms with Crippen LogP contribution in [0.3, 0.4) is 0 Å². The van der Waals surface area contributed by atoms with Crippen LogP contribution in [0, 0.1) is 13.8 Å². The summed E-state index contributed by atoms with van der Waals surface area (Å²) in [7, 11) is 3.28. The number of hydrogen-bond donors (Lipinski definition) is 1. The largest absolute Gasteiger partial charge is 0.496 e. The highest BCUT2D eigenvalue weighted by molar-refractivity contribution is 7.98. The molecule has 0 aliphatic heterocycles. The molecule has 2 rings (SSSR count). The lowest BCUT2D eigenvalue weighted by Crippen LogP contribution is -1.98. The number of aromatic amines is 1. The number of aromatic nitrogens is 3. The molecular formula is C13H17N3O2S. The number of nitrogens with one attached hydrogen (secondary N) is 1. The van der Waals surface area contributed by atoms with Gasteiger partial charge in [-0.2, -0.15) is 4.98 Å². The number of nitrogens with zero attached hydrogens (tertiary/aromatic N) is 2. The van der Waals surface area contributed by atoms with Crippen LogP contribution < -0.4 is 9.47 Å². The third kappa shape index (κ3) is 3.20. The Hall–Kier alpha value is -1.69. The molecule has 0 radical (unpaired) electrons. The molecule has 0 aliphatic carbocycles. The van der Waals surface area contributed by atoms with Crippen LogP contribution in [-0.4, -0.2) is 29.2 Å². The van der Waals surface area contributed by atoms with Crippen molar-refractivity contribution >= 4 is 11.8 Å². The predicted octanol–water partition coefficient (Wildman–Crippen LogP) is 2.73. The number of hydrogen-bond acceptors (Lipinski definition) is 5. The Bertz CT molecular complexity index is 569. The van der Waals surface area contributed by atoms with Crippen molar-refractivity contribution in [2.24, 2.45) is 0 Å². The fraction of sp³-hybridized carbons (Fsp3) is 0.385. The van der Waals surface area contributed by atoms with Crippen molar-refractivity contribution in [3.63, 3.8) is 0 Å². The Morgan fingerprint density at radius 3 is 2.63 bits per heavy atom. The summed E-state index contributed by atoms with van der Waals surface area (Å²) in [6.07, 6.45) is 1.74. The van der Waals surface area contributed by atoms with Crippen molar-refractivity contribution in [3.05, 3.63) is 29.2 Å². The predicted molar refractivity (Wildman–Crippen MR) is 75.0 cm³/mol. The van der Waals surface area contributed by atoms with Gasteiger partial charge in [0.15, 0.2) is 5.16 Å². The third-order valence-electron chi connectivity index (χ3n) is 2.76. The molecule has 0 atom stereocenters. The van der Waals surface area contributed by atoms with Gasteiger partial charge in [0.2, 0.25) is 5.88 Å². The smallest absolute Gasteiger partial charge is 0.232 e. The number of rotatable bonds is 5. The van der Waals surface area contributed by atoms with Gasteiger partial charge in [-0.15, -0.1) is 0 Å². The highest BCUT2D eigenvalue weighted by Gasteiger charge is 2.10. The summed E-state index contributed by atoms with van der Waals surface area (Å²) in [4.78, 5) is 11.9. The first-order valence-electron chi connectivity index (χ1n) is 5.87. The Kier molecular flexibility index (Phi) is 4.31. The second kappa shape index (κ2) is 5.97. The number of methoxy groups -OCH3 is 2. The summed E-state index contributed by atoms with van der Waals surface area (Å²) in [6, 6.07) is 1.94. The third-order valence-corrected chi connectivity index (χ3v) is 3.66. The summed E-state index contributed by atoms with van der Waals surface area (Å²) in [6.45, 7) is 3.98. The van der Waals surface area contributed by atoms with Crippen molar-refractivity contribution in [2.75, 3.05) is 14.2 Å². The zero-order valence-corrected chi connectivity index (χ0v) is 12.3. The van der Waals surface area contributed by atoms with Crippen molar-refractivity contribution in [3.8, 4) is 11.6 Å². The topological polar surface area (TPSA) is 60.0 Å². The van der Waals surface area contributed by atoms with E-state index in [9.17, 15) is 0 Å². The molecule has 5 nitrogen and oxygen atoms in total. The molecule has 6 heteroatoms. The van der Waals surface area contributed by atoms with E-state index in [0.29, 0.717) is 5.88 Å². The monoisotopic (exact) mass is 279 g/mol. The van der Waals surface area contributed by atoms with Crippen LogP contribution in [0.1, 0.15) is 17.0 Å². The molecule has 0 saturated heterocycles. The van der Waals surface area contributed by atoms with E-state index in [2.05, 4.69) is 15.0 Å². The molecule has 1 N–H and O–H groups in total. The van der Waals surface area contributed by atoms with Crippen molar-refractivity contribution in [1.82, 2.24) is 15.0 Å². The van der Waals surface area contributed by atoms with Crippen LogP contribution in [0.2, 0.25) is 0 Å². The maximum Gasteiger partial charge on any atom is 0.232 e. The lowest BCUT2D eigenvalue weighted by molar-refractivity contribution is 0.398. The highest BCUT2D eigenvalue weighted by Crippen LogP contribution is 2.27. The van der Waals surface area contributed by atoms with Crippen LogP contribution in [0.15, 0.2) is 17.4 Å². The van der Waals surface area contributed by atoms with Crippen LogP contribution >= 0.6 is 11.8 Å². The number of ether oxygens (including phenoxy) is 2. The normalized spacial score (nSPS) is 10.5. The molecule has 0 aromatic carbocycles. The Morgan fingerprint density at radius 1 is 1.21 bits per heavy atom. The summed E-state index contributed by atoms with van der Waals surface area (Å²) < 4.78 is 10.4. The Morgan fingerprint density at radius 2 is 2.00 bits per heavy atom. The fourth-order valence-electron chi connectivity index (χ4n) is 1.73. The highest BCUT2D eigenvalue weighted by atomic mass is 32.2. The first-order valence-corrected chi connectivity index (χ1v) is 6.86. The molecule has 0 unspecified atom stereocenters. The van der Waals surface area contributed by atoms with Crippen LogP contribution in [0.5, 0.6) is 11.6 Å². The van der Waals surface area contributed by atoms with Gasteiger partial charge < -0.3 is 14.5 Å². The minimum atomic E-state index is 0.592. The van der Waals surface area contributed by atoms with E-state index in [0.717, 1.165) is 33.6 Å². The maximum absolute atomic E-state index is 5.35. The molecule has 0 spiro atoms. The summed E-state index contributed by atoms with van der Waals surface area (Å²) in [5.74, 6) is 2.20. The van der Waals surface area contributed by atoms with E-state index in [1.54, 1.807) is 32.2 Å². The van der Waals surface area contributed by atoms with Crippen LogP contribution in [0.25, 0.3) is 0 Å². The van der Waals surface area contributed by atoms with E-state index in [4.69, 9.17) is 9.47 Å². The van der Waals surface area contributed by atoms with Gasteiger partial charge >= 0.3 is 0 Å². The molecule has 0 bridgehead atoms. The van der Waals surface area contributed by atoms with Crippen molar-refractivity contribution in [1.29, 1.82) is 0 Å². The Labute approximate surface area is 116 Å². The van der Waals surface area contributed by atoms with Gasteiger partial charge in [-0.1, -0.05) is 11.8 Å². The molecule has 0 amide bonds. The second-order valence-corrected chi connectivity index (χ2v) is 5.04. The van der Waals surface area contributed by atoms with Crippen LogP contribution in [0.4, 0.5) is 0 Å². The molecule has 0 fully saturated rings. The molecule has 0 saturated carbocycles. The van der Waals surface area contributed by atoms with Gasteiger partial charge in [0.1, 0.15) is 5.75 Å². The summed E-state index contributed by atoms with van der Waals surface area (Å²) in [5, 5.41) is 0.818. The lowest BCUT2D eigenvalue weighted by atomic mass is 10.2. The quantitative estimate of drug-likeness (QED) is 0.853. The molecule has 2 aromatic rings. The zero-order chi connectivity index (χ0) is 13.8. The second-order valence-electron chi connectivity index (χ2n) is 4.07. The van der Waals surface area contributed by atoms with E-state index in [1.165, 1.54) is 0 Å². The average Bonchev–Trinajstić information content (AvgIpc) is 2.87. The molecule has 2 aromatic heterocycles. The fourth-order valence-corrected chi connectivity index (χ4v) is 2.58. The van der Waals surface area contributed by atoms with Gasteiger partial charge in [-0.25, -0.2) is 0 Å².